The molecule has 0 N–H and O–H groups in total. The van der Waals surface area contributed by atoms with E-state index in [0.29, 0.717) is 18.2 Å². The third-order valence-corrected chi connectivity index (χ3v) is 7.48. The summed E-state index contributed by atoms with van der Waals surface area (Å²) in [4.78, 5) is 14.5. The molecular weight excluding hydrogens is 514 g/mol. The molecule has 7 rings (SSSR count). The first kappa shape index (κ1) is 25.4. The molecule has 0 radical (unpaired) electrons. The van der Waals surface area contributed by atoms with Crippen molar-refractivity contribution in [3.8, 4) is 11.1 Å². The summed E-state index contributed by atoms with van der Waals surface area (Å²) in [5.41, 5.74) is 6.58. The molecule has 0 unspecified atom stereocenters. The Hall–Kier alpha value is -5.61. The van der Waals surface area contributed by atoms with E-state index in [-0.39, 0.29) is 0 Å². The van der Waals surface area contributed by atoms with Crippen molar-refractivity contribution in [1.82, 2.24) is 0 Å². The summed E-state index contributed by atoms with van der Waals surface area (Å²) in [6.45, 7) is 4.43. The van der Waals surface area contributed by atoms with E-state index in [1.54, 1.807) is 0 Å². The van der Waals surface area contributed by atoms with Crippen molar-refractivity contribution in [2.45, 2.75) is 6.54 Å². The van der Waals surface area contributed by atoms with E-state index in [9.17, 15) is 0 Å². The van der Waals surface area contributed by atoms with Crippen molar-refractivity contribution in [3.63, 3.8) is 0 Å². The molecule has 0 atom stereocenters. The quantitative estimate of drug-likeness (QED) is 0.158. The summed E-state index contributed by atoms with van der Waals surface area (Å²) >= 11 is 0. The average Bonchev–Trinajstić information content (AvgIpc) is 3.45. The molecule has 0 aliphatic carbocycles. The van der Waals surface area contributed by atoms with Crippen molar-refractivity contribution < 1.29 is 4.42 Å². The van der Waals surface area contributed by atoms with E-state index in [4.69, 9.17) is 14.4 Å². The van der Waals surface area contributed by atoms with Crippen LogP contribution in [0.2, 0.25) is 0 Å². The first-order valence-electron chi connectivity index (χ1n) is 13.9. The van der Waals surface area contributed by atoms with Gasteiger partial charge in [-0.05, 0) is 52.9 Å². The first-order valence-corrected chi connectivity index (χ1v) is 13.9. The number of benzene rings is 6. The van der Waals surface area contributed by atoms with Gasteiger partial charge in [0.05, 0.1) is 6.54 Å². The Labute approximate surface area is 244 Å². The summed E-state index contributed by atoms with van der Waals surface area (Å²) in [6, 6.07) is 47.3. The molecule has 1 aromatic heterocycles. The molecule has 4 heteroatoms. The number of amidine groups is 2. The van der Waals surface area contributed by atoms with Gasteiger partial charge in [-0.25, -0.2) is 9.98 Å². The minimum absolute atomic E-state index is 0.492. The first-order chi connectivity index (χ1) is 20.8. The number of hydrogen-bond donors (Lipinski definition) is 0. The Bertz CT molecular complexity index is 2120. The summed E-state index contributed by atoms with van der Waals surface area (Å²) in [5, 5.41) is 4.25. The molecule has 42 heavy (non-hydrogen) atoms. The van der Waals surface area contributed by atoms with Gasteiger partial charge in [0.1, 0.15) is 11.2 Å². The molecular formula is C38H27N3O. The number of nitrogens with zero attached hydrogens (tertiary/aromatic N) is 3. The van der Waals surface area contributed by atoms with Crippen LogP contribution in [0.3, 0.4) is 0 Å². The van der Waals surface area contributed by atoms with Crippen LogP contribution in [0.4, 0.5) is 0 Å². The molecule has 4 nitrogen and oxygen atoms in total. The van der Waals surface area contributed by atoms with Gasteiger partial charge in [0.15, 0.2) is 11.7 Å². The molecule has 0 aliphatic heterocycles. The highest BCUT2D eigenvalue weighted by Crippen LogP contribution is 2.38. The zero-order valence-electron chi connectivity index (χ0n) is 22.9. The molecule has 200 valence electrons. The van der Waals surface area contributed by atoms with Gasteiger partial charge < -0.3 is 4.42 Å². The summed E-state index contributed by atoms with van der Waals surface area (Å²) in [7, 11) is 0. The fraction of sp³-hybridized carbons (Fsp3) is 0.0263. The number of para-hydroxylation sites is 1. The van der Waals surface area contributed by atoms with E-state index in [1.807, 2.05) is 66.7 Å². The second-order valence-corrected chi connectivity index (χ2v) is 10.1. The molecule has 0 amide bonds. The van der Waals surface area contributed by atoms with Crippen LogP contribution in [0.5, 0.6) is 0 Å². The maximum absolute atomic E-state index is 6.47. The third kappa shape index (κ3) is 4.80. The topological polar surface area (TPSA) is 50.2 Å². The van der Waals surface area contributed by atoms with E-state index >= 15 is 0 Å². The lowest BCUT2D eigenvalue weighted by atomic mass is 9.98. The van der Waals surface area contributed by atoms with Gasteiger partial charge in [0.2, 0.25) is 0 Å². The Morgan fingerprint density at radius 1 is 0.643 bits per heavy atom. The van der Waals surface area contributed by atoms with Crippen LogP contribution >= 0.6 is 0 Å². The zero-order valence-corrected chi connectivity index (χ0v) is 22.9. The van der Waals surface area contributed by atoms with Crippen LogP contribution in [0.1, 0.15) is 16.7 Å². The highest BCUT2D eigenvalue weighted by atomic mass is 16.3. The third-order valence-electron chi connectivity index (χ3n) is 7.48. The summed E-state index contributed by atoms with van der Waals surface area (Å²) in [5.74, 6) is 1.09. The van der Waals surface area contributed by atoms with Crippen molar-refractivity contribution in [2.75, 3.05) is 0 Å². The molecule has 0 saturated carbocycles. The van der Waals surface area contributed by atoms with Crippen molar-refractivity contribution in [2.24, 2.45) is 15.0 Å². The van der Waals surface area contributed by atoms with E-state index < -0.39 is 0 Å². The summed E-state index contributed by atoms with van der Waals surface area (Å²) in [6.07, 6.45) is 0. The molecule has 0 fully saturated rings. The van der Waals surface area contributed by atoms with Gasteiger partial charge in [0, 0.05) is 27.5 Å². The van der Waals surface area contributed by atoms with E-state index in [1.165, 1.54) is 0 Å². The second kappa shape index (κ2) is 11.1. The Balaban J connectivity index is 1.43. The number of rotatable bonds is 5. The van der Waals surface area contributed by atoms with Gasteiger partial charge in [-0.15, -0.1) is 0 Å². The molecule has 0 spiro atoms. The van der Waals surface area contributed by atoms with Crippen molar-refractivity contribution in [1.29, 1.82) is 0 Å². The standard InChI is InChI=1S/C38H27N3O/c1-39-38(33-23-22-31(28-15-6-3-7-16-28)36-35(33)32-18-10-11-19-34(32)42-36)41-37(40-25-26-12-4-2-5-13-26)30-21-20-27-14-8-9-17-29(27)24-30/h2-24H,1,25H2. The SMILES string of the molecule is C=NC(=NC(=NCc1ccccc1)c1ccc2ccccc2c1)c1ccc(-c2ccccc2)c2oc3ccccc3c12. The molecule has 0 saturated heterocycles. The predicted octanol–water partition coefficient (Wildman–Crippen LogP) is 9.50. The normalized spacial score (nSPS) is 12.3. The maximum Gasteiger partial charge on any atom is 0.161 e. The smallest absolute Gasteiger partial charge is 0.161 e. The molecule has 0 bridgehead atoms. The maximum atomic E-state index is 6.47. The molecule has 6 aromatic carbocycles. The van der Waals surface area contributed by atoms with E-state index in [0.717, 1.165) is 60.5 Å². The summed E-state index contributed by atoms with van der Waals surface area (Å²) < 4.78 is 6.47. The Kier molecular flexibility index (Phi) is 6.71. The van der Waals surface area contributed by atoms with Crippen molar-refractivity contribution in [3.05, 3.63) is 156 Å². The van der Waals surface area contributed by atoms with Gasteiger partial charge in [-0.1, -0.05) is 115 Å². The van der Waals surface area contributed by atoms with Crippen LogP contribution in [-0.4, -0.2) is 18.4 Å². The monoisotopic (exact) mass is 541 g/mol. The number of fused-ring (bicyclic) bond motifs is 4. The molecule has 1 heterocycles. The lowest BCUT2D eigenvalue weighted by Crippen LogP contribution is -2.06. The number of furan rings is 1. The minimum atomic E-state index is 0.492. The van der Waals surface area contributed by atoms with Crippen molar-refractivity contribution >= 4 is 51.1 Å². The fourth-order valence-electron chi connectivity index (χ4n) is 5.41. The minimum Gasteiger partial charge on any atom is -0.455 e. The van der Waals surface area contributed by atoms with E-state index in [2.05, 4.69) is 84.5 Å². The second-order valence-electron chi connectivity index (χ2n) is 10.1. The molecule has 0 aliphatic rings. The predicted molar refractivity (Wildman–Crippen MR) is 176 cm³/mol. The highest BCUT2D eigenvalue weighted by molar-refractivity contribution is 6.23. The van der Waals surface area contributed by atoms with Crippen LogP contribution in [-0.2, 0) is 6.54 Å². The fourth-order valence-corrected chi connectivity index (χ4v) is 5.41. The van der Waals surface area contributed by atoms with Crippen LogP contribution in [0, 0.1) is 0 Å². The van der Waals surface area contributed by atoms with Crippen LogP contribution in [0.25, 0.3) is 43.8 Å². The van der Waals surface area contributed by atoms with Gasteiger partial charge >= 0.3 is 0 Å². The van der Waals surface area contributed by atoms with Gasteiger partial charge in [-0.3, -0.25) is 4.99 Å². The Morgan fingerprint density at radius 3 is 2.17 bits per heavy atom. The lowest BCUT2D eigenvalue weighted by Gasteiger charge is -2.10. The number of hydrogen-bond acceptors (Lipinski definition) is 2. The largest absolute Gasteiger partial charge is 0.455 e. The number of aliphatic imine (C=N–C) groups is 3. The zero-order chi connectivity index (χ0) is 28.3. The lowest BCUT2D eigenvalue weighted by molar-refractivity contribution is 0.670. The Morgan fingerprint density at radius 2 is 1.36 bits per heavy atom. The van der Waals surface area contributed by atoms with Crippen LogP contribution < -0.4 is 0 Å². The molecule has 7 aromatic rings. The average molecular weight is 542 g/mol. The van der Waals surface area contributed by atoms with Gasteiger partial charge in [-0.2, -0.15) is 0 Å². The van der Waals surface area contributed by atoms with Gasteiger partial charge in [0.25, 0.3) is 0 Å². The highest BCUT2D eigenvalue weighted by Gasteiger charge is 2.19. The van der Waals surface area contributed by atoms with Crippen LogP contribution in [0.15, 0.2) is 159 Å².